The highest BCUT2D eigenvalue weighted by atomic mass is 16.4. The minimum atomic E-state index is -1.19. The highest BCUT2D eigenvalue weighted by Gasteiger charge is 2.38. The molecular weight excluding hydrogens is 260 g/mol. The normalized spacial score (nSPS) is 14.2. The molecule has 0 radical (unpaired) electrons. The van der Waals surface area contributed by atoms with E-state index >= 15 is 0 Å². The first-order chi connectivity index (χ1) is 9.32. The van der Waals surface area contributed by atoms with Crippen LogP contribution in [0.15, 0.2) is 4.42 Å². The molecule has 0 saturated heterocycles. The van der Waals surface area contributed by atoms with Gasteiger partial charge in [-0.2, -0.15) is 0 Å². The van der Waals surface area contributed by atoms with Crippen LogP contribution in [0, 0.1) is 20.8 Å². The Kier molecular flexibility index (Phi) is 3.37. The van der Waals surface area contributed by atoms with E-state index in [1.807, 2.05) is 20.8 Å². The third kappa shape index (κ3) is 1.90. The molecule has 1 N–H and O–H groups in total. The molecule has 0 amide bonds. The van der Waals surface area contributed by atoms with Gasteiger partial charge in [0.1, 0.15) is 11.5 Å². The molecule has 2 rings (SSSR count). The Morgan fingerprint density at radius 3 is 2.45 bits per heavy atom. The summed E-state index contributed by atoms with van der Waals surface area (Å²) in [5.74, 6) is 0.910. The van der Waals surface area contributed by atoms with Crippen molar-refractivity contribution in [1.29, 1.82) is 0 Å². The van der Waals surface area contributed by atoms with Gasteiger partial charge in [-0.25, -0.2) is 9.48 Å². The first-order valence-electron chi connectivity index (χ1n) is 6.42. The van der Waals surface area contributed by atoms with Gasteiger partial charge in [-0.05, 0) is 44.5 Å². The Labute approximate surface area is 116 Å². The van der Waals surface area contributed by atoms with Gasteiger partial charge in [0.05, 0.1) is 5.56 Å². The maximum absolute atomic E-state index is 11.6. The third-order valence-corrected chi connectivity index (χ3v) is 3.87. The van der Waals surface area contributed by atoms with Gasteiger partial charge >= 0.3 is 5.97 Å². The maximum Gasteiger partial charge on any atom is 0.331 e. The number of hydrogen-bond donors (Lipinski definition) is 1. The van der Waals surface area contributed by atoms with Gasteiger partial charge in [0.15, 0.2) is 11.4 Å². The van der Waals surface area contributed by atoms with Crippen molar-refractivity contribution >= 4 is 5.97 Å². The van der Waals surface area contributed by atoms with E-state index in [0.717, 1.165) is 16.9 Å². The lowest BCUT2D eigenvalue weighted by Gasteiger charge is -2.24. The SMILES string of the molecule is CCC(C)(C(=O)O)n1nnnc1-c1c(C)oc(C)c1C. The molecule has 0 fully saturated rings. The predicted molar refractivity (Wildman–Crippen MR) is 71.3 cm³/mol. The van der Waals surface area contributed by atoms with Crippen LogP contribution in [0.4, 0.5) is 0 Å². The van der Waals surface area contributed by atoms with Gasteiger partial charge in [0.2, 0.25) is 0 Å². The first-order valence-corrected chi connectivity index (χ1v) is 6.42. The standard InChI is InChI=1S/C13H18N4O3/c1-6-13(5,12(18)19)17-11(14-15-16-17)10-7(2)8(3)20-9(10)4/h6H2,1-5H3,(H,18,19). The van der Waals surface area contributed by atoms with E-state index in [-0.39, 0.29) is 0 Å². The highest BCUT2D eigenvalue weighted by molar-refractivity contribution is 5.77. The molecule has 1 atom stereocenters. The van der Waals surface area contributed by atoms with Crippen molar-refractivity contribution in [2.75, 3.05) is 0 Å². The van der Waals surface area contributed by atoms with Crippen molar-refractivity contribution in [3.05, 3.63) is 17.1 Å². The van der Waals surface area contributed by atoms with Crippen LogP contribution in [0.3, 0.4) is 0 Å². The van der Waals surface area contributed by atoms with E-state index in [1.165, 1.54) is 4.68 Å². The van der Waals surface area contributed by atoms with Crippen LogP contribution >= 0.6 is 0 Å². The van der Waals surface area contributed by atoms with Crippen molar-refractivity contribution in [3.63, 3.8) is 0 Å². The van der Waals surface area contributed by atoms with Gasteiger partial charge in [-0.3, -0.25) is 0 Å². The Bertz CT molecular complexity index is 659. The summed E-state index contributed by atoms with van der Waals surface area (Å²) in [5.41, 5.74) is 0.485. The number of rotatable bonds is 4. The number of nitrogens with zero attached hydrogens (tertiary/aromatic N) is 4. The summed E-state index contributed by atoms with van der Waals surface area (Å²) in [5, 5.41) is 21.0. The Hall–Kier alpha value is -2.18. The van der Waals surface area contributed by atoms with E-state index in [2.05, 4.69) is 15.5 Å². The molecule has 0 aliphatic carbocycles. The molecule has 2 aromatic heterocycles. The number of hydrogen-bond acceptors (Lipinski definition) is 5. The number of aromatic nitrogens is 4. The zero-order valence-corrected chi connectivity index (χ0v) is 12.3. The van der Waals surface area contributed by atoms with E-state index in [1.54, 1.807) is 13.8 Å². The van der Waals surface area contributed by atoms with E-state index < -0.39 is 11.5 Å². The zero-order chi connectivity index (χ0) is 15.1. The summed E-state index contributed by atoms with van der Waals surface area (Å²) in [4.78, 5) is 11.6. The number of carbonyl (C=O) groups is 1. The smallest absolute Gasteiger partial charge is 0.331 e. The van der Waals surface area contributed by atoms with Crippen molar-refractivity contribution < 1.29 is 14.3 Å². The van der Waals surface area contributed by atoms with Crippen molar-refractivity contribution in [1.82, 2.24) is 20.2 Å². The lowest BCUT2D eigenvalue weighted by molar-refractivity contribution is -0.147. The van der Waals surface area contributed by atoms with Gasteiger partial charge in [-0.1, -0.05) is 6.92 Å². The zero-order valence-electron chi connectivity index (χ0n) is 12.3. The van der Waals surface area contributed by atoms with Crippen LogP contribution in [0.2, 0.25) is 0 Å². The Morgan fingerprint density at radius 1 is 1.35 bits per heavy atom. The molecule has 7 nitrogen and oxygen atoms in total. The summed E-state index contributed by atoms with van der Waals surface area (Å²) >= 11 is 0. The molecule has 20 heavy (non-hydrogen) atoms. The molecule has 0 spiro atoms. The largest absolute Gasteiger partial charge is 0.479 e. The fourth-order valence-corrected chi connectivity index (χ4v) is 2.19. The first kappa shape index (κ1) is 14.2. The van der Waals surface area contributed by atoms with Crippen molar-refractivity contribution in [3.8, 4) is 11.4 Å². The molecule has 1 unspecified atom stereocenters. The summed E-state index contributed by atoms with van der Waals surface area (Å²) in [6.45, 7) is 8.98. The van der Waals surface area contributed by atoms with Gasteiger partial charge < -0.3 is 9.52 Å². The average Bonchev–Trinajstić information content (AvgIpc) is 2.95. The molecule has 2 aromatic rings. The van der Waals surface area contributed by atoms with Gasteiger partial charge in [0, 0.05) is 5.56 Å². The van der Waals surface area contributed by atoms with Gasteiger partial charge in [-0.15, -0.1) is 5.10 Å². The monoisotopic (exact) mass is 278 g/mol. The minimum absolute atomic E-state index is 0.370. The Morgan fingerprint density at radius 2 is 2.00 bits per heavy atom. The lowest BCUT2D eigenvalue weighted by Crippen LogP contribution is -2.39. The van der Waals surface area contributed by atoms with Crippen molar-refractivity contribution in [2.45, 2.75) is 46.6 Å². The highest BCUT2D eigenvalue weighted by Crippen LogP contribution is 2.33. The summed E-state index contributed by atoms with van der Waals surface area (Å²) in [6.07, 6.45) is 0.370. The molecular formula is C13H18N4O3. The van der Waals surface area contributed by atoms with Crippen LogP contribution in [0.25, 0.3) is 11.4 Å². The van der Waals surface area contributed by atoms with E-state index in [4.69, 9.17) is 4.42 Å². The molecule has 0 aliphatic rings. The van der Waals surface area contributed by atoms with E-state index in [0.29, 0.717) is 18.0 Å². The molecule has 108 valence electrons. The van der Waals surface area contributed by atoms with Crippen LogP contribution in [-0.2, 0) is 10.3 Å². The summed E-state index contributed by atoms with van der Waals surface area (Å²) in [6, 6.07) is 0. The minimum Gasteiger partial charge on any atom is -0.479 e. The summed E-state index contributed by atoms with van der Waals surface area (Å²) < 4.78 is 6.94. The number of aryl methyl sites for hydroxylation is 2. The topological polar surface area (TPSA) is 94.0 Å². The fraction of sp³-hybridized carbons (Fsp3) is 0.538. The summed E-state index contributed by atoms with van der Waals surface area (Å²) in [7, 11) is 0. The predicted octanol–water partition coefficient (Wildman–Crippen LogP) is 2.07. The number of furan rings is 1. The second-order valence-electron chi connectivity index (χ2n) is 5.06. The number of carboxylic acid groups (broad SMARTS) is 1. The lowest BCUT2D eigenvalue weighted by atomic mass is 9.98. The molecule has 0 aliphatic heterocycles. The van der Waals surface area contributed by atoms with Gasteiger partial charge in [0.25, 0.3) is 0 Å². The number of tetrazole rings is 1. The molecule has 0 bridgehead atoms. The Balaban J connectivity index is 2.68. The number of carboxylic acids is 1. The third-order valence-electron chi connectivity index (χ3n) is 3.87. The van der Waals surface area contributed by atoms with E-state index in [9.17, 15) is 9.90 Å². The fourth-order valence-electron chi connectivity index (χ4n) is 2.19. The van der Waals surface area contributed by atoms with Crippen molar-refractivity contribution in [2.24, 2.45) is 0 Å². The van der Waals surface area contributed by atoms with Crippen LogP contribution < -0.4 is 0 Å². The van der Waals surface area contributed by atoms with Crippen LogP contribution in [0.1, 0.15) is 37.4 Å². The van der Waals surface area contributed by atoms with Crippen LogP contribution in [-0.4, -0.2) is 31.3 Å². The molecule has 7 heteroatoms. The molecule has 0 aromatic carbocycles. The maximum atomic E-state index is 11.6. The second kappa shape index (κ2) is 4.73. The second-order valence-corrected chi connectivity index (χ2v) is 5.06. The van der Waals surface area contributed by atoms with Crippen LogP contribution in [0.5, 0.6) is 0 Å². The molecule has 2 heterocycles. The molecule has 0 saturated carbocycles. The number of aliphatic carboxylic acids is 1. The average molecular weight is 278 g/mol. The quantitative estimate of drug-likeness (QED) is 0.920.